The third-order valence-electron chi connectivity index (χ3n) is 5.40. The van der Waals surface area contributed by atoms with Crippen LogP contribution in [0, 0.1) is 17.5 Å². The van der Waals surface area contributed by atoms with Crippen LogP contribution >= 0.6 is 0 Å². The second-order valence-electron chi connectivity index (χ2n) is 7.74. The van der Waals surface area contributed by atoms with E-state index in [2.05, 4.69) is 25.9 Å². The number of nitrogen functional groups attached to an aromatic ring is 1. The van der Waals surface area contributed by atoms with Gasteiger partial charge >= 0.3 is 0 Å². The molecule has 34 heavy (non-hydrogen) atoms. The molecule has 2 amide bonds. The van der Waals surface area contributed by atoms with Crippen LogP contribution in [0.4, 0.5) is 19.0 Å². The van der Waals surface area contributed by atoms with E-state index in [4.69, 9.17) is 5.73 Å². The first-order chi connectivity index (χ1) is 16.3. The molecular formula is C23H21F3N6O2. The van der Waals surface area contributed by atoms with Crippen LogP contribution in [-0.2, 0) is 6.54 Å². The molecule has 1 saturated heterocycles. The third kappa shape index (κ3) is 4.99. The molecule has 1 aromatic heterocycles. The molecule has 2 heterocycles. The van der Waals surface area contributed by atoms with Gasteiger partial charge in [0, 0.05) is 35.8 Å². The Labute approximate surface area is 192 Å². The van der Waals surface area contributed by atoms with Gasteiger partial charge in [0.1, 0.15) is 5.82 Å². The number of aromatic nitrogens is 2. The highest BCUT2D eigenvalue weighted by Gasteiger charge is 2.21. The second-order valence-corrected chi connectivity index (χ2v) is 7.74. The molecule has 0 radical (unpaired) electrons. The second kappa shape index (κ2) is 9.87. The van der Waals surface area contributed by atoms with Crippen molar-refractivity contribution >= 4 is 17.6 Å². The minimum absolute atomic E-state index is 0.0275. The van der Waals surface area contributed by atoms with Gasteiger partial charge in [0.2, 0.25) is 0 Å². The number of benzene rings is 2. The van der Waals surface area contributed by atoms with Gasteiger partial charge in [-0.3, -0.25) is 9.59 Å². The molecule has 5 N–H and O–H groups in total. The van der Waals surface area contributed by atoms with E-state index in [0.717, 1.165) is 19.0 Å². The normalized spacial score (nSPS) is 15.2. The number of nitrogens with two attached hydrogens (primary N) is 1. The highest BCUT2D eigenvalue weighted by molar-refractivity contribution is 5.97. The monoisotopic (exact) mass is 470 g/mol. The van der Waals surface area contributed by atoms with Crippen molar-refractivity contribution in [3.63, 3.8) is 0 Å². The molecule has 8 nitrogen and oxygen atoms in total. The summed E-state index contributed by atoms with van der Waals surface area (Å²) in [4.78, 5) is 33.5. The lowest BCUT2D eigenvalue weighted by Crippen LogP contribution is -2.37. The molecule has 1 aliphatic rings. The van der Waals surface area contributed by atoms with Crippen molar-refractivity contribution in [3.8, 4) is 11.3 Å². The SMILES string of the molecule is Nc1ncc(-c2cccc(C(=O)NCc3c(F)ccc(F)c3F)c2)nc1C(=O)NC1CCNC1. The molecule has 176 valence electrons. The average Bonchev–Trinajstić information content (AvgIpc) is 3.34. The Hall–Kier alpha value is -3.99. The Kier molecular flexibility index (Phi) is 6.73. The highest BCUT2D eigenvalue weighted by Crippen LogP contribution is 2.21. The predicted molar refractivity (Wildman–Crippen MR) is 118 cm³/mol. The van der Waals surface area contributed by atoms with Crippen LogP contribution in [0.2, 0.25) is 0 Å². The molecule has 1 aliphatic heterocycles. The fraction of sp³-hybridized carbons (Fsp3) is 0.217. The minimum atomic E-state index is -1.36. The van der Waals surface area contributed by atoms with Crippen molar-refractivity contribution in [3.05, 3.63) is 76.9 Å². The van der Waals surface area contributed by atoms with Crippen molar-refractivity contribution in [1.29, 1.82) is 0 Å². The molecule has 1 fully saturated rings. The Morgan fingerprint density at radius 1 is 1.12 bits per heavy atom. The average molecular weight is 470 g/mol. The summed E-state index contributed by atoms with van der Waals surface area (Å²) in [5, 5.41) is 8.37. The molecule has 0 spiro atoms. The minimum Gasteiger partial charge on any atom is -0.382 e. The summed E-state index contributed by atoms with van der Waals surface area (Å²) < 4.78 is 41.0. The number of rotatable bonds is 6. The molecule has 3 aromatic rings. The van der Waals surface area contributed by atoms with E-state index in [9.17, 15) is 22.8 Å². The van der Waals surface area contributed by atoms with Gasteiger partial charge in [-0.25, -0.2) is 23.1 Å². The fourth-order valence-electron chi connectivity index (χ4n) is 3.56. The molecule has 0 bridgehead atoms. The van der Waals surface area contributed by atoms with E-state index in [1.54, 1.807) is 12.1 Å². The van der Waals surface area contributed by atoms with Gasteiger partial charge in [-0.1, -0.05) is 12.1 Å². The summed E-state index contributed by atoms with van der Waals surface area (Å²) in [7, 11) is 0. The van der Waals surface area contributed by atoms with Gasteiger partial charge in [-0.15, -0.1) is 0 Å². The molecule has 1 unspecified atom stereocenters. The topological polar surface area (TPSA) is 122 Å². The van der Waals surface area contributed by atoms with Gasteiger partial charge in [0.05, 0.1) is 11.9 Å². The van der Waals surface area contributed by atoms with E-state index < -0.39 is 41.4 Å². The van der Waals surface area contributed by atoms with Crippen LogP contribution in [0.5, 0.6) is 0 Å². The largest absolute Gasteiger partial charge is 0.382 e. The van der Waals surface area contributed by atoms with Crippen molar-refractivity contribution in [2.75, 3.05) is 18.8 Å². The summed E-state index contributed by atoms with van der Waals surface area (Å²) in [6.07, 6.45) is 2.16. The number of nitrogens with one attached hydrogen (secondary N) is 3. The summed E-state index contributed by atoms with van der Waals surface area (Å²) in [5.74, 6) is -4.65. The number of hydrogen-bond donors (Lipinski definition) is 4. The quantitative estimate of drug-likeness (QED) is 0.410. The van der Waals surface area contributed by atoms with Crippen LogP contribution in [0.3, 0.4) is 0 Å². The van der Waals surface area contributed by atoms with Crippen LogP contribution in [0.15, 0.2) is 42.6 Å². The van der Waals surface area contributed by atoms with Gasteiger partial charge in [-0.05, 0) is 37.2 Å². The maximum Gasteiger partial charge on any atom is 0.274 e. The lowest BCUT2D eigenvalue weighted by Gasteiger charge is -2.13. The Morgan fingerprint density at radius 3 is 2.68 bits per heavy atom. The van der Waals surface area contributed by atoms with Gasteiger partial charge in [0.15, 0.2) is 23.1 Å². The van der Waals surface area contributed by atoms with E-state index in [1.165, 1.54) is 18.3 Å². The number of anilines is 1. The lowest BCUT2D eigenvalue weighted by atomic mass is 10.1. The molecule has 4 rings (SSSR count). The maximum atomic E-state index is 13.8. The van der Waals surface area contributed by atoms with Crippen LogP contribution in [0.25, 0.3) is 11.3 Å². The van der Waals surface area contributed by atoms with Gasteiger partial charge in [-0.2, -0.15) is 0 Å². The zero-order valence-corrected chi connectivity index (χ0v) is 17.9. The van der Waals surface area contributed by atoms with Crippen LogP contribution in [-0.4, -0.2) is 40.9 Å². The van der Waals surface area contributed by atoms with Gasteiger partial charge < -0.3 is 21.7 Å². The van der Waals surface area contributed by atoms with Crippen molar-refractivity contribution in [2.45, 2.75) is 19.0 Å². The molecule has 11 heteroatoms. The fourth-order valence-corrected chi connectivity index (χ4v) is 3.56. The first kappa shape index (κ1) is 23.2. The zero-order chi connectivity index (χ0) is 24.2. The summed E-state index contributed by atoms with van der Waals surface area (Å²) >= 11 is 0. The molecule has 2 aromatic carbocycles. The molecular weight excluding hydrogens is 449 g/mol. The zero-order valence-electron chi connectivity index (χ0n) is 17.9. The molecule has 0 aliphatic carbocycles. The van der Waals surface area contributed by atoms with E-state index >= 15 is 0 Å². The summed E-state index contributed by atoms with van der Waals surface area (Å²) in [5.41, 5.74) is 6.18. The van der Waals surface area contributed by atoms with Gasteiger partial charge in [0.25, 0.3) is 11.8 Å². The maximum absolute atomic E-state index is 13.8. The smallest absolute Gasteiger partial charge is 0.274 e. The van der Waals surface area contributed by atoms with Crippen molar-refractivity contribution in [1.82, 2.24) is 25.9 Å². The number of carbonyl (C=O) groups excluding carboxylic acids is 2. The highest BCUT2D eigenvalue weighted by atomic mass is 19.2. The summed E-state index contributed by atoms with van der Waals surface area (Å²) in [6, 6.07) is 7.64. The Morgan fingerprint density at radius 2 is 1.91 bits per heavy atom. The first-order valence-electron chi connectivity index (χ1n) is 10.5. The van der Waals surface area contributed by atoms with Crippen molar-refractivity contribution < 1.29 is 22.8 Å². The molecule has 1 atom stereocenters. The van der Waals surface area contributed by atoms with Crippen molar-refractivity contribution in [2.24, 2.45) is 0 Å². The van der Waals surface area contributed by atoms with Crippen LogP contribution < -0.4 is 21.7 Å². The number of hydrogen-bond acceptors (Lipinski definition) is 6. The number of halogens is 3. The Bertz CT molecular complexity index is 1250. The predicted octanol–water partition coefficient (Wildman–Crippen LogP) is 2.16. The van der Waals surface area contributed by atoms with Crippen LogP contribution in [0.1, 0.15) is 32.8 Å². The first-order valence-corrected chi connectivity index (χ1v) is 10.5. The van der Waals surface area contributed by atoms with E-state index in [1.807, 2.05) is 0 Å². The third-order valence-corrected chi connectivity index (χ3v) is 5.40. The molecule has 0 saturated carbocycles. The lowest BCUT2D eigenvalue weighted by molar-refractivity contribution is 0.0932. The number of nitrogens with zero attached hydrogens (tertiary/aromatic N) is 2. The van der Waals surface area contributed by atoms with E-state index in [0.29, 0.717) is 23.9 Å². The summed E-state index contributed by atoms with van der Waals surface area (Å²) in [6.45, 7) is 0.916. The van der Waals surface area contributed by atoms with E-state index in [-0.39, 0.29) is 23.1 Å². The number of carbonyl (C=O) groups is 2. The Balaban J connectivity index is 1.51. The number of amides is 2. The standard InChI is InChI=1S/C23H21F3N6O2/c24-16-4-5-17(25)19(26)15(16)10-30-22(33)13-3-1-2-12(8-13)18-11-29-21(27)20(32-18)23(34)31-14-6-7-28-9-14/h1-5,8,11,14,28H,6-7,9-10H2,(H2,27,29)(H,30,33)(H,31,34).